The minimum absolute atomic E-state index is 0.117. The lowest BCUT2D eigenvalue weighted by Gasteiger charge is -2.00. The van der Waals surface area contributed by atoms with Crippen LogP contribution in [0.3, 0.4) is 0 Å². The van der Waals surface area contributed by atoms with E-state index in [9.17, 15) is 4.79 Å². The molecule has 3 rings (SSSR count). The summed E-state index contributed by atoms with van der Waals surface area (Å²) in [5.74, 6) is 0.337. The first-order valence-corrected chi connectivity index (χ1v) is 5.92. The second-order valence-electron chi connectivity index (χ2n) is 4.36. The molecule has 2 aromatic rings. The average Bonchev–Trinajstić information content (AvgIpc) is 3.16. The Balaban J connectivity index is 1.64. The topological polar surface area (TPSA) is 72.7 Å². The van der Waals surface area contributed by atoms with E-state index in [0.29, 0.717) is 6.54 Å². The van der Waals surface area contributed by atoms with E-state index < -0.39 is 0 Å². The maximum atomic E-state index is 11.5. The smallest absolute Gasteiger partial charge is 0.223 e. The van der Waals surface area contributed by atoms with Gasteiger partial charge in [-0.25, -0.2) is 4.68 Å². The standard InChI is InChI=1S/C12H13N5O/c18-12(9-3-4-9)14-6-10-8-17(16-15-10)11-2-1-5-13-7-11/h1-2,5,7-9H,3-4,6H2,(H,14,18). The Morgan fingerprint density at radius 3 is 3.11 bits per heavy atom. The summed E-state index contributed by atoms with van der Waals surface area (Å²) in [6.45, 7) is 0.426. The fraction of sp³-hybridized carbons (Fsp3) is 0.333. The molecular formula is C12H13N5O. The van der Waals surface area contributed by atoms with Gasteiger partial charge in [-0.3, -0.25) is 9.78 Å². The molecule has 1 fully saturated rings. The van der Waals surface area contributed by atoms with E-state index in [1.54, 1.807) is 23.3 Å². The molecule has 1 saturated carbocycles. The van der Waals surface area contributed by atoms with Gasteiger partial charge in [0.05, 0.1) is 24.6 Å². The van der Waals surface area contributed by atoms with Gasteiger partial charge < -0.3 is 5.32 Å². The summed E-state index contributed by atoms with van der Waals surface area (Å²) < 4.78 is 1.64. The lowest BCUT2D eigenvalue weighted by atomic mass is 10.3. The second kappa shape index (κ2) is 4.56. The minimum atomic E-state index is 0.117. The van der Waals surface area contributed by atoms with Crippen molar-refractivity contribution in [1.29, 1.82) is 0 Å². The molecule has 1 N–H and O–H groups in total. The van der Waals surface area contributed by atoms with E-state index in [1.807, 2.05) is 12.1 Å². The molecule has 18 heavy (non-hydrogen) atoms. The summed E-state index contributed by atoms with van der Waals surface area (Å²) >= 11 is 0. The SMILES string of the molecule is O=C(NCc1cn(-c2cccnc2)nn1)C1CC1. The molecule has 6 heteroatoms. The van der Waals surface area contributed by atoms with Crippen molar-refractivity contribution in [3.05, 3.63) is 36.4 Å². The van der Waals surface area contributed by atoms with Crippen LogP contribution in [0.15, 0.2) is 30.7 Å². The Morgan fingerprint density at radius 1 is 1.50 bits per heavy atom. The Hall–Kier alpha value is -2.24. The number of carbonyl (C=O) groups excluding carboxylic acids is 1. The van der Waals surface area contributed by atoms with Crippen molar-refractivity contribution in [2.45, 2.75) is 19.4 Å². The predicted molar refractivity (Wildman–Crippen MR) is 63.7 cm³/mol. The number of hydrogen-bond acceptors (Lipinski definition) is 4. The second-order valence-corrected chi connectivity index (χ2v) is 4.36. The molecule has 0 aliphatic heterocycles. The van der Waals surface area contributed by atoms with Crippen LogP contribution in [0.2, 0.25) is 0 Å². The first kappa shape index (κ1) is 10.9. The fourth-order valence-corrected chi connectivity index (χ4v) is 1.66. The molecule has 0 radical (unpaired) electrons. The highest BCUT2D eigenvalue weighted by molar-refractivity contribution is 5.80. The molecule has 6 nitrogen and oxygen atoms in total. The van der Waals surface area contributed by atoms with Crippen LogP contribution in [0.5, 0.6) is 0 Å². The van der Waals surface area contributed by atoms with Gasteiger partial charge in [0, 0.05) is 12.1 Å². The first-order valence-electron chi connectivity index (χ1n) is 5.92. The van der Waals surface area contributed by atoms with Crippen LogP contribution < -0.4 is 5.32 Å². The predicted octanol–water partition coefficient (Wildman–Crippen LogP) is 0.688. The molecule has 0 aromatic carbocycles. The maximum Gasteiger partial charge on any atom is 0.223 e. The van der Waals surface area contributed by atoms with Gasteiger partial charge in [-0.15, -0.1) is 5.10 Å². The average molecular weight is 243 g/mol. The third-order valence-corrected chi connectivity index (χ3v) is 2.84. The monoisotopic (exact) mass is 243 g/mol. The van der Waals surface area contributed by atoms with Crippen molar-refractivity contribution in [2.24, 2.45) is 5.92 Å². The molecule has 0 unspecified atom stereocenters. The Kier molecular flexibility index (Phi) is 2.76. The lowest BCUT2D eigenvalue weighted by molar-refractivity contribution is -0.122. The number of nitrogens with zero attached hydrogens (tertiary/aromatic N) is 4. The van der Waals surface area contributed by atoms with Crippen LogP contribution >= 0.6 is 0 Å². The molecule has 1 aliphatic rings. The van der Waals surface area contributed by atoms with Gasteiger partial charge in [-0.1, -0.05) is 5.21 Å². The quantitative estimate of drug-likeness (QED) is 0.857. The summed E-state index contributed by atoms with van der Waals surface area (Å²) in [4.78, 5) is 15.5. The third-order valence-electron chi connectivity index (χ3n) is 2.84. The van der Waals surface area contributed by atoms with Crippen LogP contribution in [0.25, 0.3) is 5.69 Å². The normalized spacial score (nSPS) is 14.4. The summed E-state index contributed by atoms with van der Waals surface area (Å²) in [5, 5.41) is 10.9. The van der Waals surface area contributed by atoms with Gasteiger partial charge >= 0.3 is 0 Å². The highest BCUT2D eigenvalue weighted by Gasteiger charge is 2.29. The third kappa shape index (κ3) is 2.37. The molecule has 0 bridgehead atoms. The van der Waals surface area contributed by atoms with Gasteiger partial charge in [0.15, 0.2) is 0 Å². The van der Waals surface area contributed by atoms with E-state index in [0.717, 1.165) is 24.2 Å². The molecule has 2 aromatic heterocycles. The number of rotatable bonds is 4. The number of nitrogens with one attached hydrogen (secondary N) is 1. The highest BCUT2D eigenvalue weighted by Crippen LogP contribution is 2.28. The maximum absolute atomic E-state index is 11.5. The van der Waals surface area contributed by atoms with Crippen LogP contribution in [0.1, 0.15) is 18.5 Å². The van der Waals surface area contributed by atoms with Crippen molar-refractivity contribution >= 4 is 5.91 Å². The zero-order valence-electron chi connectivity index (χ0n) is 9.78. The zero-order valence-corrected chi connectivity index (χ0v) is 9.78. The molecule has 92 valence electrons. The summed E-state index contributed by atoms with van der Waals surface area (Å²) in [6.07, 6.45) is 7.23. The highest BCUT2D eigenvalue weighted by atomic mass is 16.2. The molecule has 0 saturated heterocycles. The van der Waals surface area contributed by atoms with Gasteiger partial charge in [-0.2, -0.15) is 0 Å². The van der Waals surface area contributed by atoms with Crippen molar-refractivity contribution in [1.82, 2.24) is 25.3 Å². The summed E-state index contributed by atoms with van der Waals surface area (Å²) in [5.41, 5.74) is 1.60. The van der Waals surface area contributed by atoms with Gasteiger partial charge in [0.1, 0.15) is 5.69 Å². The number of aromatic nitrogens is 4. The minimum Gasteiger partial charge on any atom is -0.350 e. The molecular weight excluding hydrogens is 230 g/mol. The fourth-order valence-electron chi connectivity index (χ4n) is 1.66. The molecule has 1 amide bonds. The summed E-state index contributed by atoms with van der Waals surface area (Å²) in [6, 6.07) is 3.74. The largest absolute Gasteiger partial charge is 0.350 e. The van der Waals surface area contributed by atoms with Crippen molar-refractivity contribution in [2.75, 3.05) is 0 Å². The molecule has 0 spiro atoms. The van der Waals surface area contributed by atoms with E-state index in [4.69, 9.17) is 0 Å². The van der Waals surface area contributed by atoms with Gasteiger partial charge in [0.2, 0.25) is 5.91 Å². The van der Waals surface area contributed by atoms with E-state index in [1.165, 1.54) is 0 Å². The molecule has 0 atom stereocenters. The number of pyridine rings is 1. The van der Waals surface area contributed by atoms with Crippen LogP contribution in [-0.4, -0.2) is 25.9 Å². The Bertz CT molecular complexity index is 547. The van der Waals surface area contributed by atoms with Gasteiger partial charge in [0.25, 0.3) is 0 Å². The zero-order chi connectivity index (χ0) is 12.4. The van der Waals surface area contributed by atoms with Crippen LogP contribution in [0.4, 0.5) is 0 Å². The number of hydrogen-bond donors (Lipinski definition) is 1. The van der Waals surface area contributed by atoms with E-state index in [2.05, 4.69) is 20.6 Å². The first-order chi connectivity index (χ1) is 8.83. The van der Waals surface area contributed by atoms with Crippen molar-refractivity contribution < 1.29 is 4.79 Å². The number of carbonyl (C=O) groups is 1. The van der Waals surface area contributed by atoms with Crippen molar-refractivity contribution in [3.8, 4) is 5.69 Å². The van der Waals surface area contributed by atoms with Crippen molar-refractivity contribution in [3.63, 3.8) is 0 Å². The van der Waals surface area contributed by atoms with Crippen LogP contribution in [0, 0.1) is 5.92 Å². The lowest BCUT2D eigenvalue weighted by Crippen LogP contribution is -2.24. The summed E-state index contributed by atoms with van der Waals surface area (Å²) in [7, 11) is 0. The van der Waals surface area contributed by atoms with E-state index in [-0.39, 0.29) is 11.8 Å². The van der Waals surface area contributed by atoms with Gasteiger partial charge in [-0.05, 0) is 25.0 Å². The Labute approximate surface area is 104 Å². The van der Waals surface area contributed by atoms with E-state index >= 15 is 0 Å². The van der Waals surface area contributed by atoms with Crippen LogP contribution in [-0.2, 0) is 11.3 Å². The molecule has 2 heterocycles. The Morgan fingerprint density at radius 2 is 2.39 bits per heavy atom. The molecule has 1 aliphatic carbocycles. The number of amides is 1.